The van der Waals surface area contributed by atoms with Crippen LogP contribution in [-0.2, 0) is 17.8 Å². The molecule has 1 aliphatic heterocycles. The van der Waals surface area contributed by atoms with Crippen LogP contribution in [-0.4, -0.2) is 41.1 Å². The van der Waals surface area contributed by atoms with Crippen LogP contribution in [0.4, 0.5) is 4.79 Å². The average Bonchev–Trinajstić information content (AvgIpc) is 3.08. The molecule has 7 heteroatoms. The van der Waals surface area contributed by atoms with E-state index in [0.29, 0.717) is 18.7 Å². The Labute approximate surface area is 182 Å². The Bertz CT molecular complexity index is 929. The fraction of sp³-hybridized carbons (Fsp3) is 0.375. The lowest BCUT2D eigenvalue weighted by Gasteiger charge is -2.25. The van der Waals surface area contributed by atoms with E-state index in [1.165, 1.54) is 0 Å². The smallest absolute Gasteiger partial charge is 0.318 e. The van der Waals surface area contributed by atoms with Crippen LogP contribution in [0.1, 0.15) is 42.4 Å². The molecular weight excluding hydrogens is 392 g/mol. The number of likely N-dealkylation sites (tertiary alicyclic amines) is 1. The first-order chi connectivity index (χ1) is 15.0. The molecule has 1 heterocycles. The minimum Gasteiger partial charge on any atom is -0.508 e. The Hall–Kier alpha value is -3.53. The first-order valence-electron chi connectivity index (χ1n) is 10.7. The second-order valence-corrected chi connectivity index (χ2v) is 7.80. The van der Waals surface area contributed by atoms with Crippen molar-refractivity contribution in [2.75, 3.05) is 13.1 Å². The summed E-state index contributed by atoms with van der Waals surface area (Å²) in [5, 5.41) is 24.3. The molecule has 1 unspecified atom stereocenters. The van der Waals surface area contributed by atoms with Gasteiger partial charge in [0.15, 0.2) is 0 Å². The third kappa shape index (κ3) is 6.75. The Kier molecular flexibility index (Phi) is 7.88. The van der Waals surface area contributed by atoms with Crippen LogP contribution in [0.3, 0.4) is 0 Å². The van der Waals surface area contributed by atoms with Crippen LogP contribution < -0.4 is 10.6 Å². The van der Waals surface area contributed by atoms with Gasteiger partial charge in [0.2, 0.25) is 5.91 Å². The number of urea groups is 1. The van der Waals surface area contributed by atoms with Gasteiger partial charge < -0.3 is 20.6 Å². The molecule has 2 aromatic carbocycles. The molecule has 7 nitrogen and oxygen atoms in total. The largest absolute Gasteiger partial charge is 0.508 e. The second kappa shape index (κ2) is 11.0. The average molecular weight is 421 g/mol. The molecule has 1 aliphatic rings. The SMILES string of the molecule is N#Cc1cccc(CC(NC(=O)N2CCCCCC2)C(=O)NCc2ccc(O)cc2)c1. The highest BCUT2D eigenvalue weighted by Gasteiger charge is 2.24. The number of phenolic OH excluding ortho intramolecular Hbond substituents is 1. The van der Waals surface area contributed by atoms with Gasteiger partial charge in [0, 0.05) is 26.1 Å². The van der Waals surface area contributed by atoms with Crippen molar-refractivity contribution in [3.63, 3.8) is 0 Å². The maximum Gasteiger partial charge on any atom is 0.318 e. The molecule has 3 N–H and O–H groups in total. The van der Waals surface area contributed by atoms with E-state index in [4.69, 9.17) is 5.26 Å². The first kappa shape index (κ1) is 22.2. The molecule has 1 fully saturated rings. The minimum atomic E-state index is -0.762. The number of nitrogens with one attached hydrogen (secondary N) is 2. The van der Waals surface area contributed by atoms with Crippen molar-refractivity contribution in [3.8, 4) is 11.8 Å². The fourth-order valence-corrected chi connectivity index (χ4v) is 3.65. The standard InChI is InChI=1S/C24H28N4O3/c25-16-20-7-5-6-19(14-20)15-22(27-24(31)28-12-3-1-2-4-13-28)23(30)26-17-18-8-10-21(29)11-9-18/h5-11,14,22,29H,1-4,12-13,15,17H2,(H,26,30)(H,27,31). The van der Waals surface area contributed by atoms with Gasteiger partial charge in [-0.15, -0.1) is 0 Å². The van der Waals surface area contributed by atoms with Gasteiger partial charge in [-0.3, -0.25) is 4.79 Å². The summed E-state index contributed by atoms with van der Waals surface area (Å²) in [4.78, 5) is 27.6. The zero-order valence-electron chi connectivity index (χ0n) is 17.5. The van der Waals surface area contributed by atoms with E-state index in [-0.39, 0.29) is 30.7 Å². The molecule has 2 aromatic rings. The van der Waals surface area contributed by atoms with Crippen LogP contribution in [0.25, 0.3) is 0 Å². The molecule has 1 saturated heterocycles. The normalized spacial score (nSPS) is 14.7. The Morgan fingerprint density at radius 3 is 2.42 bits per heavy atom. The van der Waals surface area contributed by atoms with Gasteiger partial charge in [0.05, 0.1) is 11.6 Å². The number of carbonyl (C=O) groups excluding carboxylic acids is 2. The van der Waals surface area contributed by atoms with Crippen molar-refractivity contribution in [1.82, 2.24) is 15.5 Å². The molecule has 31 heavy (non-hydrogen) atoms. The van der Waals surface area contributed by atoms with Crippen LogP contribution in [0.5, 0.6) is 5.75 Å². The molecular formula is C24H28N4O3. The lowest BCUT2D eigenvalue weighted by atomic mass is 10.0. The molecule has 0 bridgehead atoms. The van der Waals surface area contributed by atoms with E-state index >= 15 is 0 Å². The van der Waals surface area contributed by atoms with E-state index < -0.39 is 6.04 Å². The van der Waals surface area contributed by atoms with Crippen molar-refractivity contribution in [2.24, 2.45) is 0 Å². The fourth-order valence-electron chi connectivity index (χ4n) is 3.65. The van der Waals surface area contributed by atoms with Crippen LogP contribution in [0.2, 0.25) is 0 Å². The second-order valence-electron chi connectivity index (χ2n) is 7.80. The van der Waals surface area contributed by atoms with Gasteiger partial charge in [-0.2, -0.15) is 5.26 Å². The molecule has 0 aliphatic carbocycles. The Morgan fingerprint density at radius 1 is 1.03 bits per heavy atom. The summed E-state index contributed by atoms with van der Waals surface area (Å²) >= 11 is 0. The molecule has 3 rings (SSSR count). The highest BCUT2D eigenvalue weighted by molar-refractivity contribution is 5.87. The zero-order valence-corrected chi connectivity index (χ0v) is 17.5. The minimum absolute atomic E-state index is 0.162. The van der Waals surface area contributed by atoms with Crippen LogP contribution in [0.15, 0.2) is 48.5 Å². The predicted molar refractivity (Wildman–Crippen MR) is 117 cm³/mol. The van der Waals surface area contributed by atoms with Gasteiger partial charge in [-0.25, -0.2) is 4.79 Å². The molecule has 0 radical (unpaired) electrons. The summed E-state index contributed by atoms with van der Waals surface area (Å²) in [6.07, 6.45) is 4.45. The monoisotopic (exact) mass is 420 g/mol. The van der Waals surface area contributed by atoms with Crippen molar-refractivity contribution in [2.45, 2.75) is 44.7 Å². The molecule has 1 atom stereocenters. The van der Waals surface area contributed by atoms with Crippen LogP contribution in [0, 0.1) is 11.3 Å². The summed E-state index contributed by atoms with van der Waals surface area (Å²) in [6, 6.07) is 14.8. The van der Waals surface area contributed by atoms with Crippen molar-refractivity contribution in [3.05, 3.63) is 65.2 Å². The number of carbonyl (C=O) groups is 2. The number of nitriles is 1. The number of hydrogen-bond donors (Lipinski definition) is 3. The number of hydrogen-bond acceptors (Lipinski definition) is 4. The van der Waals surface area contributed by atoms with E-state index in [0.717, 1.165) is 36.8 Å². The number of benzene rings is 2. The first-order valence-corrected chi connectivity index (χ1v) is 10.7. The molecule has 0 saturated carbocycles. The summed E-state index contributed by atoms with van der Waals surface area (Å²) < 4.78 is 0. The maximum absolute atomic E-state index is 13.0. The van der Waals surface area contributed by atoms with E-state index in [1.54, 1.807) is 47.4 Å². The number of rotatable bonds is 6. The lowest BCUT2D eigenvalue weighted by molar-refractivity contribution is -0.123. The summed E-state index contributed by atoms with van der Waals surface area (Å²) in [5.74, 6) is -0.131. The third-order valence-electron chi connectivity index (χ3n) is 5.41. The maximum atomic E-state index is 13.0. The van der Waals surface area contributed by atoms with Gasteiger partial charge in [-0.05, 0) is 48.2 Å². The van der Waals surface area contributed by atoms with Crippen LogP contribution >= 0.6 is 0 Å². The van der Waals surface area contributed by atoms with E-state index in [9.17, 15) is 14.7 Å². The molecule has 162 valence electrons. The van der Waals surface area contributed by atoms with Gasteiger partial charge in [-0.1, -0.05) is 37.1 Å². The molecule has 0 aromatic heterocycles. The van der Waals surface area contributed by atoms with E-state index in [2.05, 4.69) is 16.7 Å². The highest BCUT2D eigenvalue weighted by atomic mass is 16.3. The lowest BCUT2D eigenvalue weighted by Crippen LogP contribution is -2.52. The van der Waals surface area contributed by atoms with Gasteiger partial charge >= 0.3 is 6.03 Å². The number of aromatic hydroxyl groups is 1. The number of nitrogens with zero attached hydrogens (tertiary/aromatic N) is 2. The predicted octanol–water partition coefficient (Wildman–Crippen LogP) is 3.08. The van der Waals surface area contributed by atoms with Crippen molar-refractivity contribution in [1.29, 1.82) is 5.26 Å². The Morgan fingerprint density at radius 2 is 1.74 bits per heavy atom. The summed E-state index contributed by atoms with van der Waals surface area (Å²) in [6.45, 7) is 1.67. The topological polar surface area (TPSA) is 105 Å². The Balaban J connectivity index is 1.70. The summed E-state index contributed by atoms with van der Waals surface area (Å²) in [7, 11) is 0. The number of amides is 3. The third-order valence-corrected chi connectivity index (χ3v) is 5.41. The zero-order chi connectivity index (χ0) is 22.1. The summed E-state index contributed by atoms with van der Waals surface area (Å²) in [5.41, 5.74) is 2.16. The van der Waals surface area contributed by atoms with Gasteiger partial charge in [0.25, 0.3) is 0 Å². The molecule has 0 spiro atoms. The van der Waals surface area contributed by atoms with Gasteiger partial charge in [0.1, 0.15) is 11.8 Å². The number of phenols is 1. The van der Waals surface area contributed by atoms with E-state index in [1.807, 2.05) is 6.07 Å². The highest BCUT2D eigenvalue weighted by Crippen LogP contribution is 2.12. The van der Waals surface area contributed by atoms with Crippen molar-refractivity contribution < 1.29 is 14.7 Å². The molecule has 3 amide bonds. The quantitative estimate of drug-likeness (QED) is 0.668. The van der Waals surface area contributed by atoms with Crippen molar-refractivity contribution >= 4 is 11.9 Å².